The third-order valence-corrected chi connectivity index (χ3v) is 3.80. The summed E-state index contributed by atoms with van der Waals surface area (Å²) >= 11 is 0. The summed E-state index contributed by atoms with van der Waals surface area (Å²) in [6.45, 7) is -0.512. The Morgan fingerprint density at radius 1 is 1.27 bits per heavy atom. The number of hydrogen-bond acceptors (Lipinski definition) is 9. The Bertz CT molecular complexity index is 826. The number of aromatic nitrogens is 2. The molecule has 1 aliphatic rings. The van der Waals surface area contributed by atoms with Gasteiger partial charge in [0.25, 0.3) is 0 Å². The van der Waals surface area contributed by atoms with Gasteiger partial charge in [0.15, 0.2) is 6.23 Å². The largest absolute Gasteiger partial charge is 0.423 e. The maximum absolute atomic E-state index is 12.4. The van der Waals surface area contributed by atoms with Crippen LogP contribution in [-0.2, 0) is 4.74 Å². The monoisotopic (exact) mass is 363 g/mol. The summed E-state index contributed by atoms with van der Waals surface area (Å²) in [5.41, 5.74) is -0.846. The van der Waals surface area contributed by atoms with Crippen LogP contribution in [0.5, 0.6) is 5.75 Å². The molecule has 4 atom stereocenters. The third kappa shape index (κ3) is 3.73. The summed E-state index contributed by atoms with van der Waals surface area (Å²) in [6.07, 6.45) is -3.81. The Balaban J connectivity index is 1.82. The van der Waals surface area contributed by atoms with Crippen molar-refractivity contribution < 1.29 is 29.6 Å². The number of esters is 1. The first-order chi connectivity index (χ1) is 12.5. The van der Waals surface area contributed by atoms with Crippen LogP contribution in [0.4, 0.5) is 5.82 Å². The minimum atomic E-state index is -1.40. The summed E-state index contributed by atoms with van der Waals surface area (Å²) in [5.74, 6) is -0.693. The van der Waals surface area contributed by atoms with E-state index in [2.05, 4.69) is 15.3 Å². The molecule has 0 bridgehead atoms. The second kappa shape index (κ2) is 7.62. The molecule has 1 fully saturated rings. The quantitative estimate of drug-likeness (QED) is 0.327. The van der Waals surface area contributed by atoms with Gasteiger partial charge in [-0.05, 0) is 12.1 Å². The van der Waals surface area contributed by atoms with Gasteiger partial charge in [0.05, 0.1) is 6.61 Å². The fourth-order valence-corrected chi connectivity index (χ4v) is 2.47. The number of nitrogens with one attached hydrogen (secondary N) is 2. The zero-order valence-electron chi connectivity index (χ0n) is 13.4. The van der Waals surface area contributed by atoms with Gasteiger partial charge >= 0.3 is 11.7 Å². The van der Waals surface area contributed by atoms with Crippen LogP contribution >= 0.6 is 0 Å². The number of aromatic amines is 1. The van der Waals surface area contributed by atoms with Crippen LogP contribution < -0.4 is 15.7 Å². The second-order valence-electron chi connectivity index (χ2n) is 5.57. The molecule has 3 rings (SSSR count). The van der Waals surface area contributed by atoms with E-state index in [1.54, 1.807) is 30.3 Å². The number of hydrogen-bond donors (Lipinski definition) is 5. The molecule has 0 aliphatic carbocycles. The van der Waals surface area contributed by atoms with E-state index in [9.17, 15) is 19.8 Å². The Labute approximate surface area is 147 Å². The van der Waals surface area contributed by atoms with Gasteiger partial charge in [0, 0.05) is 6.20 Å². The van der Waals surface area contributed by atoms with Crippen molar-refractivity contribution in [3.63, 3.8) is 0 Å². The highest BCUT2D eigenvalue weighted by atomic mass is 16.6. The number of rotatable bonds is 5. The van der Waals surface area contributed by atoms with Crippen molar-refractivity contribution in [2.75, 3.05) is 11.9 Å². The molecule has 1 aromatic heterocycles. The van der Waals surface area contributed by atoms with Crippen molar-refractivity contribution in [3.05, 3.63) is 52.6 Å². The molecule has 5 N–H and O–H groups in total. The number of nitrogens with zero attached hydrogens (tertiary/aromatic N) is 1. The predicted octanol–water partition coefficient (Wildman–Crippen LogP) is -1.16. The Morgan fingerprint density at radius 2 is 2.00 bits per heavy atom. The molecule has 26 heavy (non-hydrogen) atoms. The molecule has 1 saturated heterocycles. The number of carbonyl (C=O) groups excluding carboxylic acids is 1. The molecule has 2 heterocycles. The number of benzene rings is 1. The van der Waals surface area contributed by atoms with E-state index in [-0.39, 0.29) is 11.4 Å². The smallest absolute Gasteiger partial charge is 0.348 e. The summed E-state index contributed by atoms with van der Waals surface area (Å²) in [5, 5.41) is 31.5. The molecule has 0 radical (unpaired) electrons. The van der Waals surface area contributed by atoms with Crippen LogP contribution in [0.3, 0.4) is 0 Å². The second-order valence-corrected chi connectivity index (χ2v) is 5.57. The lowest BCUT2D eigenvalue weighted by Crippen LogP contribution is -2.37. The molecule has 10 nitrogen and oxygen atoms in total. The molecule has 0 saturated carbocycles. The summed E-state index contributed by atoms with van der Waals surface area (Å²) in [7, 11) is 0. The lowest BCUT2D eigenvalue weighted by molar-refractivity contribution is -0.0154. The fraction of sp³-hybridized carbons (Fsp3) is 0.312. The van der Waals surface area contributed by atoms with Gasteiger partial charge < -0.3 is 35.1 Å². The van der Waals surface area contributed by atoms with Crippen molar-refractivity contribution in [1.29, 1.82) is 0 Å². The SMILES string of the molecule is O=C(Oc1ccccc1)c1c[nH]c(=O)nc1NC1OC(CO)C(O)C1O. The van der Waals surface area contributed by atoms with E-state index < -0.39 is 42.8 Å². The Hall–Kier alpha value is -2.79. The zero-order valence-corrected chi connectivity index (χ0v) is 13.4. The highest BCUT2D eigenvalue weighted by Gasteiger charge is 2.43. The average Bonchev–Trinajstić information content (AvgIpc) is 2.90. The van der Waals surface area contributed by atoms with Crippen LogP contribution in [0.2, 0.25) is 0 Å². The number of anilines is 1. The molecule has 10 heteroatoms. The maximum atomic E-state index is 12.4. The van der Waals surface area contributed by atoms with E-state index in [1.807, 2.05) is 0 Å². The molecule has 138 valence electrons. The van der Waals surface area contributed by atoms with E-state index in [0.29, 0.717) is 5.75 Å². The summed E-state index contributed by atoms with van der Waals surface area (Å²) in [6, 6.07) is 8.29. The molecule has 0 spiro atoms. The number of aliphatic hydroxyl groups is 3. The fourth-order valence-electron chi connectivity index (χ4n) is 2.47. The lowest BCUT2D eigenvalue weighted by atomic mass is 10.1. The third-order valence-electron chi connectivity index (χ3n) is 3.80. The number of para-hydroxylation sites is 1. The minimum Gasteiger partial charge on any atom is -0.423 e. The van der Waals surface area contributed by atoms with E-state index in [4.69, 9.17) is 14.6 Å². The van der Waals surface area contributed by atoms with Crippen LogP contribution in [0.25, 0.3) is 0 Å². The van der Waals surface area contributed by atoms with E-state index in [0.717, 1.165) is 6.20 Å². The van der Waals surface area contributed by atoms with Gasteiger partial charge in [0.1, 0.15) is 35.4 Å². The predicted molar refractivity (Wildman–Crippen MR) is 87.6 cm³/mol. The first-order valence-corrected chi connectivity index (χ1v) is 7.75. The van der Waals surface area contributed by atoms with Gasteiger partial charge in [-0.3, -0.25) is 0 Å². The van der Waals surface area contributed by atoms with Crippen molar-refractivity contribution in [3.8, 4) is 5.75 Å². The molecular formula is C16H17N3O7. The van der Waals surface area contributed by atoms with Gasteiger partial charge in [0.2, 0.25) is 0 Å². The van der Waals surface area contributed by atoms with Crippen LogP contribution in [0.15, 0.2) is 41.3 Å². The van der Waals surface area contributed by atoms with Crippen molar-refractivity contribution in [2.24, 2.45) is 0 Å². The van der Waals surface area contributed by atoms with Crippen LogP contribution in [0.1, 0.15) is 10.4 Å². The molecular weight excluding hydrogens is 346 g/mol. The van der Waals surface area contributed by atoms with Gasteiger partial charge in [-0.25, -0.2) is 9.59 Å². The van der Waals surface area contributed by atoms with Gasteiger partial charge in [-0.2, -0.15) is 4.98 Å². The molecule has 1 aromatic carbocycles. The molecule has 0 amide bonds. The minimum absolute atomic E-state index is 0.105. The van der Waals surface area contributed by atoms with E-state index >= 15 is 0 Å². The lowest BCUT2D eigenvalue weighted by Gasteiger charge is -2.18. The van der Waals surface area contributed by atoms with Crippen LogP contribution in [0, 0.1) is 0 Å². The number of aliphatic hydroxyl groups excluding tert-OH is 3. The zero-order chi connectivity index (χ0) is 18.7. The highest BCUT2D eigenvalue weighted by molar-refractivity contribution is 5.95. The highest BCUT2D eigenvalue weighted by Crippen LogP contribution is 2.23. The first-order valence-electron chi connectivity index (χ1n) is 7.75. The Morgan fingerprint density at radius 3 is 2.65 bits per heavy atom. The molecule has 2 aromatic rings. The number of ether oxygens (including phenoxy) is 2. The van der Waals surface area contributed by atoms with E-state index in [1.165, 1.54) is 0 Å². The Kier molecular flexibility index (Phi) is 5.28. The number of carbonyl (C=O) groups is 1. The molecule has 4 unspecified atom stereocenters. The number of H-pyrrole nitrogens is 1. The van der Waals surface area contributed by atoms with Gasteiger partial charge in [-0.15, -0.1) is 0 Å². The normalized spacial score (nSPS) is 25.0. The summed E-state index contributed by atoms with van der Waals surface area (Å²) in [4.78, 5) is 29.8. The standard InChI is InChI=1S/C16H17N3O7/c20-7-10-11(21)12(22)14(26-10)18-13-9(6-17-16(24)19-13)15(23)25-8-4-2-1-3-5-8/h1-6,10-12,14,20-22H,7H2,(H2,17,18,19,24). The van der Waals surface area contributed by atoms with Gasteiger partial charge in [-0.1, -0.05) is 18.2 Å². The maximum Gasteiger partial charge on any atom is 0.348 e. The molecule has 1 aliphatic heterocycles. The summed E-state index contributed by atoms with van der Waals surface area (Å²) < 4.78 is 10.5. The van der Waals surface area contributed by atoms with Crippen molar-refractivity contribution >= 4 is 11.8 Å². The van der Waals surface area contributed by atoms with Crippen LogP contribution in [-0.4, -0.2) is 62.4 Å². The first kappa shape index (κ1) is 18.0. The van der Waals surface area contributed by atoms with Crippen molar-refractivity contribution in [2.45, 2.75) is 24.5 Å². The average molecular weight is 363 g/mol. The topological polar surface area (TPSA) is 154 Å². The van der Waals surface area contributed by atoms with Crippen molar-refractivity contribution in [1.82, 2.24) is 9.97 Å².